The third-order valence-corrected chi connectivity index (χ3v) is 7.25. The number of ether oxygens (including phenoxy) is 4. The molecule has 0 aromatic carbocycles. The molecule has 4 aliphatic rings. The molecule has 4 unspecified atom stereocenters. The van der Waals surface area contributed by atoms with Gasteiger partial charge in [-0.25, -0.2) is 0 Å². The zero-order valence-electron chi connectivity index (χ0n) is 16.2. The molecule has 3 aliphatic heterocycles. The second-order valence-electron chi connectivity index (χ2n) is 8.17. The summed E-state index contributed by atoms with van der Waals surface area (Å²) in [5.74, 6) is -3.20. The standard InChI is InChI=1S/C20H24N4O4/c1-3-13(4-2)15-17(10-21,11-22)19(12-23)14-9-18(25-7-8-26-18)5-6-20(14,27-15)28-16(19)24/h13-15,24H,3-9H2,1-2H3. The fourth-order valence-corrected chi connectivity index (χ4v) is 5.74. The molecule has 4 rings (SSSR count). The lowest BCUT2D eigenvalue weighted by atomic mass is 9.50. The molecule has 3 saturated heterocycles. The highest BCUT2D eigenvalue weighted by atomic mass is 16.7. The molecule has 0 radical (unpaired) electrons. The Hall–Kier alpha value is -2.18. The van der Waals surface area contributed by atoms with Crippen molar-refractivity contribution < 1.29 is 18.9 Å². The van der Waals surface area contributed by atoms with Crippen molar-refractivity contribution in [3.63, 3.8) is 0 Å². The lowest BCUT2D eigenvalue weighted by molar-refractivity contribution is -0.335. The Morgan fingerprint density at radius 1 is 1.07 bits per heavy atom. The van der Waals surface area contributed by atoms with Gasteiger partial charge in [-0.05, 0) is 5.92 Å². The Balaban J connectivity index is 1.91. The number of hydrogen-bond donors (Lipinski definition) is 1. The average Bonchev–Trinajstić information content (AvgIpc) is 3.23. The maximum absolute atomic E-state index is 10.3. The normalized spacial score (nSPS) is 39.6. The minimum Gasteiger partial charge on any atom is -0.447 e. The van der Waals surface area contributed by atoms with Crippen LogP contribution in [-0.2, 0) is 18.9 Å². The molecule has 3 heterocycles. The number of nitrogens with zero attached hydrogens (tertiary/aromatic N) is 3. The molecule has 2 bridgehead atoms. The van der Waals surface area contributed by atoms with Crippen molar-refractivity contribution in [2.45, 2.75) is 63.6 Å². The summed E-state index contributed by atoms with van der Waals surface area (Å²) >= 11 is 0. The van der Waals surface area contributed by atoms with Crippen molar-refractivity contribution in [3.05, 3.63) is 0 Å². The van der Waals surface area contributed by atoms with E-state index in [0.717, 1.165) is 0 Å². The van der Waals surface area contributed by atoms with Crippen molar-refractivity contribution in [3.8, 4) is 18.2 Å². The van der Waals surface area contributed by atoms with Gasteiger partial charge in [-0.2, -0.15) is 15.8 Å². The molecule has 8 heteroatoms. The zero-order valence-corrected chi connectivity index (χ0v) is 16.2. The third-order valence-electron chi connectivity index (χ3n) is 7.25. The second-order valence-corrected chi connectivity index (χ2v) is 8.17. The molecule has 0 amide bonds. The van der Waals surface area contributed by atoms with Gasteiger partial charge < -0.3 is 18.9 Å². The van der Waals surface area contributed by atoms with Crippen LogP contribution in [0, 0.1) is 62.1 Å². The Morgan fingerprint density at radius 3 is 2.25 bits per heavy atom. The molecule has 28 heavy (non-hydrogen) atoms. The molecule has 4 fully saturated rings. The lowest BCUT2D eigenvalue weighted by Crippen LogP contribution is -2.67. The van der Waals surface area contributed by atoms with Gasteiger partial charge in [0.1, 0.15) is 0 Å². The van der Waals surface area contributed by atoms with Gasteiger partial charge in [0.25, 0.3) is 0 Å². The van der Waals surface area contributed by atoms with Crippen molar-refractivity contribution >= 4 is 5.90 Å². The fourth-order valence-electron chi connectivity index (χ4n) is 5.74. The number of nitriles is 3. The average molecular weight is 384 g/mol. The van der Waals surface area contributed by atoms with Gasteiger partial charge in [0.15, 0.2) is 16.6 Å². The SMILES string of the molecule is CCC(CC)C1OC23CCC4(CC2C(C#N)(C(=N)O3)C1(C#N)C#N)OCCO4. The maximum Gasteiger partial charge on any atom is 0.217 e. The van der Waals surface area contributed by atoms with Crippen LogP contribution in [0.1, 0.15) is 46.0 Å². The monoisotopic (exact) mass is 384 g/mol. The molecule has 1 aliphatic carbocycles. The minimum absolute atomic E-state index is 0.103. The number of rotatable bonds is 3. The third kappa shape index (κ3) is 2.00. The second kappa shape index (κ2) is 6.16. The highest BCUT2D eigenvalue weighted by Gasteiger charge is 2.82. The summed E-state index contributed by atoms with van der Waals surface area (Å²) in [5.41, 5.74) is -3.55. The highest BCUT2D eigenvalue weighted by molar-refractivity contribution is 5.89. The molecule has 0 aromatic rings. The van der Waals surface area contributed by atoms with Crippen LogP contribution >= 0.6 is 0 Å². The van der Waals surface area contributed by atoms with Gasteiger partial charge in [0.05, 0.1) is 43.4 Å². The predicted molar refractivity (Wildman–Crippen MR) is 94.2 cm³/mol. The van der Waals surface area contributed by atoms with E-state index in [9.17, 15) is 15.8 Å². The fraction of sp³-hybridized carbons (Fsp3) is 0.800. The van der Waals surface area contributed by atoms with E-state index in [4.69, 9.17) is 24.4 Å². The van der Waals surface area contributed by atoms with E-state index in [1.807, 2.05) is 13.8 Å². The van der Waals surface area contributed by atoms with E-state index >= 15 is 0 Å². The van der Waals surface area contributed by atoms with Crippen molar-refractivity contribution in [2.75, 3.05) is 13.2 Å². The van der Waals surface area contributed by atoms with E-state index < -0.39 is 34.4 Å². The van der Waals surface area contributed by atoms with Crippen LogP contribution in [0.15, 0.2) is 0 Å². The van der Waals surface area contributed by atoms with Gasteiger partial charge in [0.2, 0.25) is 11.7 Å². The van der Waals surface area contributed by atoms with Gasteiger partial charge in [-0.3, -0.25) is 5.41 Å². The molecular weight excluding hydrogens is 360 g/mol. The Bertz CT molecular complexity index is 800. The van der Waals surface area contributed by atoms with Crippen LogP contribution in [0.2, 0.25) is 0 Å². The van der Waals surface area contributed by atoms with Crippen LogP contribution in [0.4, 0.5) is 0 Å². The first-order valence-corrected chi connectivity index (χ1v) is 9.90. The first-order chi connectivity index (χ1) is 13.4. The van der Waals surface area contributed by atoms with Crippen LogP contribution in [0.25, 0.3) is 0 Å². The molecule has 1 saturated carbocycles. The zero-order chi connectivity index (χ0) is 20.2. The highest BCUT2D eigenvalue weighted by Crippen LogP contribution is 2.68. The van der Waals surface area contributed by atoms with Crippen LogP contribution < -0.4 is 0 Å². The summed E-state index contributed by atoms with van der Waals surface area (Å²) in [5, 5.41) is 39.3. The van der Waals surface area contributed by atoms with Crippen LogP contribution in [-0.4, -0.2) is 36.8 Å². The van der Waals surface area contributed by atoms with Crippen molar-refractivity contribution in [2.24, 2.45) is 22.7 Å². The summed E-state index contributed by atoms with van der Waals surface area (Å²) in [7, 11) is 0. The summed E-state index contributed by atoms with van der Waals surface area (Å²) in [6.45, 7) is 4.86. The summed E-state index contributed by atoms with van der Waals surface area (Å²) in [6, 6.07) is 6.43. The predicted octanol–water partition coefficient (Wildman–Crippen LogP) is 2.61. The van der Waals surface area contributed by atoms with Gasteiger partial charge in [-0.15, -0.1) is 0 Å². The Kier molecular flexibility index (Phi) is 4.21. The Morgan fingerprint density at radius 2 is 1.71 bits per heavy atom. The summed E-state index contributed by atoms with van der Waals surface area (Å²) in [6.07, 6.45) is 1.73. The van der Waals surface area contributed by atoms with Crippen LogP contribution in [0.5, 0.6) is 0 Å². The van der Waals surface area contributed by atoms with Gasteiger partial charge in [0, 0.05) is 19.3 Å². The van der Waals surface area contributed by atoms with E-state index in [-0.39, 0.29) is 18.2 Å². The van der Waals surface area contributed by atoms with Crippen LogP contribution in [0.3, 0.4) is 0 Å². The maximum atomic E-state index is 10.3. The first kappa shape index (κ1) is 19.2. The molecule has 1 spiro atoms. The van der Waals surface area contributed by atoms with Crippen molar-refractivity contribution in [1.82, 2.24) is 0 Å². The van der Waals surface area contributed by atoms with E-state index in [0.29, 0.717) is 38.9 Å². The largest absolute Gasteiger partial charge is 0.447 e. The molecule has 148 valence electrons. The van der Waals surface area contributed by atoms with Gasteiger partial charge >= 0.3 is 0 Å². The van der Waals surface area contributed by atoms with Gasteiger partial charge in [-0.1, -0.05) is 26.7 Å². The number of nitrogens with one attached hydrogen (secondary N) is 1. The first-order valence-electron chi connectivity index (χ1n) is 9.90. The van der Waals surface area contributed by atoms with E-state index in [1.165, 1.54) is 0 Å². The number of hydrogen-bond acceptors (Lipinski definition) is 8. The molecular formula is C20H24N4O4. The lowest BCUT2D eigenvalue weighted by Gasteiger charge is -2.55. The van der Waals surface area contributed by atoms with E-state index in [1.54, 1.807) is 0 Å². The molecule has 8 nitrogen and oxygen atoms in total. The smallest absolute Gasteiger partial charge is 0.217 e. The summed E-state index contributed by atoms with van der Waals surface area (Å²) < 4.78 is 24.1. The van der Waals surface area contributed by atoms with Crippen molar-refractivity contribution in [1.29, 1.82) is 21.2 Å². The molecule has 1 N–H and O–H groups in total. The molecule has 0 aromatic heterocycles. The van der Waals surface area contributed by atoms with E-state index in [2.05, 4.69) is 18.2 Å². The minimum atomic E-state index is -1.84. The Labute approximate surface area is 164 Å². The quantitative estimate of drug-likeness (QED) is 0.791. The molecule has 4 atom stereocenters. The summed E-state index contributed by atoms with van der Waals surface area (Å²) in [4.78, 5) is 0. The topological polar surface area (TPSA) is 132 Å².